The van der Waals surface area contributed by atoms with Gasteiger partial charge in [0.05, 0.1) is 24.4 Å². The third kappa shape index (κ3) is 5.66. The van der Waals surface area contributed by atoms with Crippen molar-refractivity contribution in [1.29, 1.82) is 0 Å². The van der Waals surface area contributed by atoms with Gasteiger partial charge < -0.3 is 24.6 Å². The van der Waals surface area contributed by atoms with E-state index in [2.05, 4.69) is 5.32 Å². The first-order chi connectivity index (χ1) is 13.1. The maximum atomic E-state index is 11.3. The molecule has 0 heterocycles. The molecule has 3 rings (SSSR count). The average molecular weight is 384 g/mol. The molecule has 3 fully saturated rings. The van der Waals surface area contributed by atoms with Crippen LogP contribution in [0.3, 0.4) is 0 Å². The first-order valence-electron chi connectivity index (χ1n) is 11.2. The van der Waals surface area contributed by atoms with Crippen LogP contribution in [-0.2, 0) is 14.2 Å². The fourth-order valence-corrected chi connectivity index (χ4v) is 5.75. The molecule has 27 heavy (non-hydrogen) atoms. The van der Waals surface area contributed by atoms with E-state index >= 15 is 0 Å². The van der Waals surface area contributed by atoms with Gasteiger partial charge in [-0.1, -0.05) is 0 Å². The molecule has 0 amide bonds. The molecule has 0 radical (unpaired) electrons. The maximum absolute atomic E-state index is 11.3. The van der Waals surface area contributed by atoms with E-state index in [-0.39, 0.29) is 6.10 Å². The van der Waals surface area contributed by atoms with Gasteiger partial charge in [0, 0.05) is 39.3 Å². The zero-order valence-electron chi connectivity index (χ0n) is 17.6. The van der Waals surface area contributed by atoms with Gasteiger partial charge in [-0.2, -0.15) is 0 Å². The van der Waals surface area contributed by atoms with Gasteiger partial charge >= 0.3 is 0 Å². The van der Waals surface area contributed by atoms with Crippen molar-refractivity contribution in [1.82, 2.24) is 5.32 Å². The summed E-state index contributed by atoms with van der Waals surface area (Å²) in [6, 6.07) is 0.982. The van der Waals surface area contributed by atoms with Crippen LogP contribution in [0.15, 0.2) is 0 Å². The van der Waals surface area contributed by atoms with E-state index in [0.717, 1.165) is 57.8 Å². The molecule has 158 valence electrons. The lowest BCUT2D eigenvalue weighted by Crippen LogP contribution is -2.53. The number of nitrogens with one attached hydrogen (secondary N) is 1. The number of aliphatic hydroxyl groups excluding tert-OH is 1. The summed E-state index contributed by atoms with van der Waals surface area (Å²) in [5.41, 5.74) is 0. The normalized spacial score (nSPS) is 42.0. The van der Waals surface area contributed by atoms with Crippen LogP contribution in [0.25, 0.3) is 0 Å². The Morgan fingerprint density at radius 1 is 0.704 bits per heavy atom. The van der Waals surface area contributed by atoms with E-state index in [0.29, 0.717) is 42.2 Å². The minimum Gasteiger partial charge on any atom is -0.392 e. The van der Waals surface area contributed by atoms with Crippen molar-refractivity contribution in [2.75, 3.05) is 21.3 Å². The molecular formula is C22H41NO4. The second-order valence-electron chi connectivity index (χ2n) is 9.08. The monoisotopic (exact) mass is 383 g/mol. The summed E-state index contributed by atoms with van der Waals surface area (Å²) in [5.74, 6) is 0.707. The standard InChI is InChI=1S/C22H41NO4/c1-25-17-8-4-15(5-9-17)22(24)20-14-19(27-3)12-13-21(20)23-16-6-10-18(26-2)11-7-16/h15-24H,4-14H2,1-3H3. The van der Waals surface area contributed by atoms with E-state index in [1.165, 1.54) is 12.8 Å². The molecular weight excluding hydrogens is 342 g/mol. The third-order valence-electron chi connectivity index (χ3n) is 7.62. The van der Waals surface area contributed by atoms with Crippen LogP contribution in [0.1, 0.15) is 70.6 Å². The fourth-order valence-electron chi connectivity index (χ4n) is 5.75. The Bertz CT molecular complexity index is 419. The van der Waals surface area contributed by atoms with Gasteiger partial charge in [0.25, 0.3) is 0 Å². The molecule has 3 aliphatic rings. The van der Waals surface area contributed by atoms with Gasteiger partial charge in [0.1, 0.15) is 0 Å². The number of ether oxygens (including phenoxy) is 3. The van der Waals surface area contributed by atoms with Crippen LogP contribution in [0, 0.1) is 11.8 Å². The first kappa shape index (κ1) is 21.5. The molecule has 0 aromatic rings. The molecule has 0 aliphatic heterocycles. The topological polar surface area (TPSA) is 60.0 Å². The van der Waals surface area contributed by atoms with Crippen molar-refractivity contribution in [3.05, 3.63) is 0 Å². The Hall–Kier alpha value is -0.200. The quantitative estimate of drug-likeness (QED) is 0.706. The van der Waals surface area contributed by atoms with Crippen LogP contribution in [0.2, 0.25) is 0 Å². The van der Waals surface area contributed by atoms with E-state index < -0.39 is 0 Å². The molecule has 3 saturated carbocycles. The van der Waals surface area contributed by atoms with E-state index in [4.69, 9.17) is 14.2 Å². The van der Waals surface area contributed by atoms with Gasteiger partial charge in [0.2, 0.25) is 0 Å². The van der Waals surface area contributed by atoms with Crippen LogP contribution < -0.4 is 5.32 Å². The van der Waals surface area contributed by atoms with Crippen molar-refractivity contribution in [3.8, 4) is 0 Å². The molecule has 2 N–H and O–H groups in total. The van der Waals surface area contributed by atoms with Crippen LogP contribution >= 0.6 is 0 Å². The number of aliphatic hydroxyl groups is 1. The lowest BCUT2D eigenvalue weighted by Gasteiger charge is -2.44. The molecule has 5 nitrogen and oxygen atoms in total. The summed E-state index contributed by atoms with van der Waals surface area (Å²) in [6.45, 7) is 0. The number of methoxy groups -OCH3 is 3. The first-order valence-corrected chi connectivity index (χ1v) is 11.2. The Kier molecular flexibility index (Phi) is 8.40. The van der Waals surface area contributed by atoms with E-state index in [1.807, 2.05) is 21.3 Å². The molecule has 5 heteroatoms. The fraction of sp³-hybridized carbons (Fsp3) is 1.00. The highest BCUT2D eigenvalue weighted by Crippen LogP contribution is 2.38. The lowest BCUT2D eigenvalue weighted by atomic mass is 9.71. The zero-order chi connectivity index (χ0) is 19.2. The Morgan fingerprint density at radius 3 is 1.78 bits per heavy atom. The average Bonchev–Trinajstić information content (AvgIpc) is 2.74. The number of hydrogen-bond donors (Lipinski definition) is 2. The van der Waals surface area contributed by atoms with Gasteiger partial charge in [0.15, 0.2) is 0 Å². The predicted octanol–water partition coefficient (Wildman–Crippen LogP) is 3.28. The maximum Gasteiger partial charge on any atom is 0.0612 e. The number of rotatable bonds is 7. The molecule has 0 saturated heterocycles. The molecule has 0 aromatic heterocycles. The largest absolute Gasteiger partial charge is 0.392 e. The minimum absolute atomic E-state index is 0.228. The molecule has 0 bridgehead atoms. The predicted molar refractivity (Wildman–Crippen MR) is 107 cm³/mol. The molecule has 0 aromatic carbocycles. The van der Waals surface area contributed by atoms with Gasteiger partial charge in [-0.25, -0.2) is 0 Å². The summed E-state index contributed by atoms with van der Waals surface area (Å²) in [7, 11) is 5.46. The Balaban J connectivity index is 1.58. The van der Waals surface area contributed by atoms with E-state index in [9.17, 15) is 5.11 Å². The van der Waals surface area contributed by atoms with Crippen molar-refractivity contribution >= 4 is 0 Å². The summed E-state index contributed by atoms with van der Waals surface area (Å²) < 4.78 is 16.7. The molecule has 0 spiro atoms. The zero-order valence-corrected chi connectivity index (χ0v) is 17.6. The Labute approximate surface area is 165 Å². The molecule has 4 atom stereocenters. The smallest absolute Gasteiger partial charge is 0.0612 e. The summed E-state index contributed by atoms with van der Waals surface area (Å²) >= 11 is 0. The highest BCUT2D eigenvalue weighted by molar-refractivity contribution is 4.94. The second-order valence-corrected chi connectivity index (χ2v) is 9.08. The lowest BCUT2D eigenvalue weighted by molar-refractivity contribution is -0.0519. The van der Waals surface area contributed by atoms with Crippen LogP contribution in [0.5, 0.6) is 0 Å². The molecule has 3 aliphatic carbocycles. The van der Waals surface area contributed by atoms with Crippen molar-refractivity contribution in [3.63, 3.8) is 0 Å². The summed E-state index contributed by atoms with van der Waals surface area (Å²) in [5, 5.41) is 15.2. The van der Waals surface area contributed by atoms with Crippen molar-refractivity contribution < 1.29 is 19.3 Å². The van der Waals surface area contributed by atoms with Gasteiger partial charge in [-0.05, 0) is 76.5 Å². The second kappa shape index (κ2) is 10.5. The highest BCUT2D eigenvalue weighted by atomic mass is 16.5. The van der Waals surface area contributed by atoms with E-state index in [1.54, 1.807) is 0 Å². The Morgan fingerprint density at radius 2 is 1.22 bits per heavy atom. The summed E-state index contributed by atoms with van der Waals surface area (Å²) in [4.78, 5) is 0. The van der Waals surface area contributed by atoms with Crippen molar-refractivity contribution in [2.24, 2.45) is 11.8 Å². The van der Waals surface area contributed by atoms with Gasteiger partial charge in [-0.3, -0.25) is 0 Å². The van der Waals surface area contributed by atoms with Crippen molar-refractivity contribution in [2.45, 2.75) is 107 Å². The minimum atomic E-state index is -0.228. The summed E-state index contributed by atoms with van der Waals surface area (Å²) in [6.07, 6.45) is 13.1. The third-order valence-corrected chi connectivity index (χ3v) is 7.62. The van der Waals surface area contributed by atoms with Gasteiger partial charge in [-0.15, -0.1) is 0 Å². The van der Waals surface area contributed by atoms with Crippen LogP contribution in [-0.4, -0.2) is 62.9 Å². The number of hydrogen-bond acceptors (Lipinski definition) is 5. The van der Waals surface area contributed by atoms with Crippen LogP contribution in [0.4, 0.5) is 0 Å². The SMILES string of the molecule is COC1CCC(NC2CCC(OC)CC2C(O)C2CCC(OC)CC2)CC1. The molecule has 4 unspecified atom stereocenters. The highest BCUT2D eigenvalue weighted by Gasteiger charge is 2.40.